The molecule has 0 bridgehead atoms. The molecular weight excluding hydrogens is 671 g/mol. The van der Waals surface area contributed by atoms with E-state index in [1.807, 2.05) is 11.3 Å². The van der Waals surface area contributed by atoms with Crippen molar-refractivity contribution >= 4 is 91.7 Å². The summed E-state index contributed by atoms with van der Waals surface area (Å²) >= 11 is 1.86. The van der Waals surface area contributed by atoms with E-state index in [1.54, 1.807) is 0 Å². The zero-order valence-electron chi connectivity index (χ0n) is 29.4. The smallest absolute Gasteiger partial charge is 0.0476 e. The predicted octanol–water partition coefficient (Wildman–Crippen LogP) is 15.5. The zero-order valence-corrected chi connectivity index (χ0v) is 30.2. The summed E-state index contributed by atoms with van der Waals surface area (Å²) in [5.74, 6) is 0. The van der Waals surface area contributed by atoms with Gasteiger partial charge in [0.25, 0.3) is 0 Å². The first-order valence-corrected chi connectivity index (χ1v) is 19.3. The second kappa shape index (κ2) is 12.4. The van der Waals surface area contributed by atoms with Crippen LogP contribution in [0, 0.1) is 0 Å². The maximum atomic E-state index is 2.40. The third kappa shape index (κ3) is 4.99. The van der Waals surface area contributed by atoms with Gasteiger partial charge in [0.2, 0.25) is 0 Å². The standard InChI is InChI=1S/C52H33NS/c1-3-13-41-34(10-1)12-9-18-42(41)36-20-25-38(26-21-36)53(40-29-31-48-47-17-7-8-19-51(47)54-52(48)32-40)39-27-22-37(23-28-39)49-33-50-43-14-4-2-11-35(43)24-30-46(50)44-15-5-6-16-45(44)49/h1-33H. The molecule has 10 aromatic carbocycles. The molecule has 1 heterocycles. The van der Waals surface area contributed by atoms with E-state index in [2.05, 4.69) is 205 Å². The Labute approximate surface area is 317 Å². The summed E-state index contributed by atoms with van der Waals surface area (Å²) in [6.07, 6.45) is 0. The number of rotatable bonds is 5. The fourth-order valence-corrected chi connectivity index (χ4v) is 9.60. The van der Waals surface area contributed by atoms with Gasteiger partial charge in [-0.05, 0) is 114 Å². The Balaban J connectivity index is 1.06. The molecule has 0 amide bonds. The molecule has 0 saturated heterocycles. The number of nitrogens with zero attached hydrogens (tertiary/aromatic N) is 1. The van der Waals surface area contributed by atoms with Crippen molar-refractivity contribution in [3.8, 4) is 22.3 Å². The SMILES string of the molecule is c1ccc2c(-c3ccc(N(c4ccc(-c5cc6c7ccccc7ccc6c6ccccc56)cc4)c4ccc5c(c4)sc4ccccc45)cc3)cccc2c1. The largest absolute Gasteiger partial charge is 0.310 e. The number of hydrogen-bond donors (Lipinski definition) is 0. The molecule has 2 heteroatoms. The molecule has 1 nitrogen and oxygen atoms in total. The van der Waals surface area contributed by atoms with Gasteiger partial charge >= 0.3 is 0 Å². The molecule has 0 atom stereocenters. The average molecular weight is 704 g/mol. The number of thiophene rings is 1. The van der Waals surface area contributed by atoms with E-state index in [1.165, 1.54) is 85.5 Å². The van der Waals surface area contributed by atoms with Crippen LogP contribution in [0.5, 0.6) is 0 Å². The highest BCUT2D eigenvalue weighted by Crippen LogP contribution is 2.43. The highest BCUT2D eigenvalue weighted by atomic mass is 32.1. The van der Waals surface area contributed by atoms with Crippen LogP contribution in [0.3, 0.4) is 0 Å². The fraction of sp³-hybridized carbons (Fsp3) is 0. The van der Waals surface area contributed by atoms with E-state index < -0.39 is 0 Å². The van der Waals surface area contributed by atoms with Gasteiger partial charge in [-0.25, -0.2) is 0 Å². The molecule has 54 heavy (non-hydrogen) atoms. The van der Waals surface area contributed by atoms with E-state index in [4.69, 9.17) is 0 Å². The van der Waals surface area contributed by atoms with Crippen LogP contribution < -0.4 is 4.90 Å². The molecule has 0 fully saturated rings. The van der Waals surface area contributed by atoms with Gasteiger partial charge in [0.05, 0.1) is 0 Å². The molecule has 0 aliphatic heterocycles. The summed E-state index contributed by atoms with van der Waals surface area (Å²) in [5, 5.41) is 12.8. The monoisotopic (exact) mass is 703 g/mol. The van der Waals surface area contributed by atoms with E-state index in [0.717, 1.165) is 17.1 Å². The minimum Gasteiger partial charge on any atom is -0.310 e. The topological polar surface area (TPSA) is 3.24 Å². The van der Waals surface area contributed by atoms with Crippen molar-refractivity contribution in [3.63, 3.8) is 0 Å². The van der Waals surface area contributed by atoms with Gasteiger partial charge in [-0.3, -0.25) is 0 Å². The Morgan fingerprint density at radius 1 is 0.278 bits per heavy atom. The maximum absolute atomic E-state index is 2.40. The lowest BCUT2D eigenvalue weighted by Crippen LogP contribution is -2.09. The van der Waals surface area contributed by atoms with Crippen LogP contribution in [0.1, 0.15) is 0 Å². The first-order chi connectivity index (χ1) is 26.8. The molecular formula is C52H33NS. The first-order valence-electron chi connectivity index (χ1n) is 18.5. The van der Waals surface area contributed by atoms with E-state index in [-0.39, 0.29) is 0 Å². The summed E-state index contributed by atoms with van der Waals surface area (Å²) in [5.41, 5.74) is 8.29. The van der Waals surface area contributed by atoms with Crippen molar-refractivity contribution in [2.24, 2.45) is 0 Å². The Morgan fingerprint density at radius 2 is 0.796 bits per heavy atom. The minimum absolute atomic E-state index is 1.12. The zero-order chi connectivity index (χ0) is 35.6. The second-order valence-electron chi connectivity index (χ2n) is 14.1. The average Bonchev–Trinajstić information content (AvgIpc) is 3.62. The third-order valence-corrected chi connectivity index (χ3v) is 12.2. The van der Waals surface area contributed by atoms with Crippen LogP contribution in [0.25, 0.3) is 85.5 Å². The third-order valence-electron chi connectivity index (χ3n) is 11.0. The molecule has 0 aliphatic carbocycles. The summed E-state index contributed by atoms with van der Waals surface area (Å²) < 4.78 is 2.60. The van der Waals surface area contributed by atoms with Gasteiger partial charge in [-0.2, -0.15) is 0 Å². The van der Waals surface area contributed by atoms with Crippen molar-refractivity contribution in [1.82, 2.24) is 0 Å². The molecule has 0 aliphatic rings. The lowest BCUT2D eigenvalue weighted by atomic mass is 9.91. The number of benzene rings is 10. The quantitative estimate of drug-likeness (QED) is 0.161. The second-order valence-corrected chi connectivity index (χ2v) is 15.2. The lowest BCUT2D eigenvalue weighted by molar-refractivity contribution is 1.29. The van der Waals surface area contributed by atoms with Gasteiger partial charge in [0, 0.05) is 37.2 Å². The number of hydrogen-bond acceptors (Lipinski definition) is 2. The molecule has 11 aromatic rings. The molecule has 0 N–H and O–H groups in total. The van der Waals surface area contributed by atoms with Gasteiger partial charge < -0.3 is 4.90 Å². The van der Waals surface area contributed by atoms with Crippen LogP contribution in [-0.2, 0) is 0 Å². The van der Waals surface area contributed by atoms with Gasteiger partial charge in [0.1, 0.15) is 0 Å². The molecule has 0 radical (unpaired) electrons. The molecule has 0 saturated carbocycles. The summed E-state index contributed by atoms with van der Waals surface area (Å²) in [6.45, 7) is 0. The molecule has 0 unspecified atom stereocenters. The van der Waals surface area contributed by atoms with Crippen LogP contribution in [-0.4, -0.2) is 0 Å². The summed E-state index contributed by atoms with van der Waals surface area (Å²) in [7, 11) is 0. The van der Waals surface area contributed by atoms with Crippen LogP contribution in [0.15, 0.2) is 200 Å². The van der Waals surface area contributed by atoms with Crippen molar-refractivity contribution in [1.29, 1.82) is 0 Å². The van der Waals surface area contributed by atoms with Crippen molar-refractivity contribution < 1.29 is 0 Å². The van der Waals surface area contributed by atoms with Crippen LogP contribution in [0.4, 0.5) is 17.1 Å². The van der Waals surface area contributed by atoms with E-state index in [0.29, 0.717) is 0 Å². The number of anilines is 3. The highest BCUT2D eigenvalue weighted by Gasteiger charge is 2.17. The predicted molar refractivity (Wildman–Crippen MR) is 235 cm³/mol. The van der Waals surface area contributed by atoms with Crippen molar-refractivity contribution in [3.05, 3.63) is 200 Å². The minimum atomic E-state index is 1.12. The van der Waals surface area contributed by atoms with Crippen LogP contribution in [0.2, 0.25) is 0 Å². The molecule has 11 rings (SSSR count). The maximum Gasteiger partial charge on any atom is 0.0476 e. The van der Waals surface area contributed by atoms with Gasteiger partial charge in [-0.15, -0.1) is 11.3 Å². The number of fused-ring (bicyclic) bond motifs is 9. The van der Waals surface area contributed by atoms with Crippen molar-refractivity contribution in [2.75, 3.05) is 4.90 Å². The first kappa shape index (κ1) is 30.8. The molecule has 252 valence electrons. The molecule has 1 aromatic heterocycles. The van der Waals surface area contributed by atoms with Crippen LogP contribution >= 0.6 is 11.3 Å². The van der Waals surface area contributed by atoms with E-state index >= 15 is 0 Å². The van der Waals surface area contributed by atoms with Gasteiger partial charge in [-0.1, -0.05) is 152 Å². The Bertz CT molecular complexity index is 3200. The Hall–Kier alpha value is -6.74. The summed E-state index contributed by atoms with van der Waals surface area (Å²) in [6, 6.07) is 73.5. The van der Waals surface area contributed by atoms with Gasteiger partial charge in [0.15, 0.2) is 0 Å². The Morgan fingerprint density at radius 3 is 1.56 bits per heavy atom. The lowest BCUT2D eigenvalue weighted by Gasteiger charge is -2.26. The molecule has 0 spiro atoms. The Kier molecular flexibility index (Phi) is 7.11. The van der Waals surface area contributed by atoms with Crippen molar-refractivity contribution in [2.45, 2.75) is 0 Å². The van der Waals surface area contributed by atoms with E-state index in [9.17, 15) is 0 Å². The summed E-state index contributed by atoms with van der Waals surface area (Å²) in [4.78, 5) is 2.40. The fourth-order valence-electron chi connectivity index (χ4n) is 8.46. The highest BCUT2D eigenvalue weighted by molar-refractivity contribution is 7.25. The normalized spacial score (nSPS) is 11.7.